The van der Waals surface area contributed by atoms with Crippen LogP contribution in [0.5, 0.6) is 0 Å². The topological polar surface area (TPSA) is 94.8 Å². The highest BCUT2D eigenvalue weighted by Crippen LogP contribution is 1.96. The number of ketones is 1. The van der Waals surface area contributed by atoms with Gasteiger partial charge in [-0.1, -0.05) is 0 Å². The molecule has 0 heterocycles. The Morgan fingerprint density at radius 2 is 1.82 bits per heavy atom. The number of carbonyl (C=O) groups excluding carboxylic acids is 2. The summed E-state index contributed by atoms with van der Waals surface area (Å²) in [7, 11) is 0. The molecule has 0 aromatic rings. The molecule has 0 aromatic carbocycles. The van der Waals surface area contributed by atoms with Crippen LogP contribution in [0, 0.1) is 0 Å². The Kier molecular flexibility index (Phi) is 4.27. The Bertz CT molecular complexity index is 168. The molecule has 0 saturated carbocycles. The Balaban J connectivity index is 4.13. The molecule has 0 spiro atoms. The van der Waals surface area contributed by atoms with E-state index in [1.54, 1.807) is 0 Å². The average molecular weight is 180 g/mol. The zero-order valence-electron chi connectivity index (χ0n) is 5.47. The lowest BCUT2D eigenvalue weighted by Gasteiger charge is -2.08. The normalized spacial score (nSPS) is 15.6. The Hall–Kier alpha value is -0.430. The van der Waals surface area contributed by atoms with E-state index in [1.165, 1.54) is 0 Å². The van der Waals surface area contributed by atoms with Crippen LogP contribution in [0.15, 0.2) is 0 Å². The van der Waals surface area contributed by atoms with Gasteiger partial charge in [0.2, 0.25) is 10.9 Å². The van der Waals surface area contributed by atoms with Gasteiger partial charge in [0.25, 0.3) is 0 Å². The molecule has 5 nitrogen and oxygen atoms in total. The van der Waals surface area contributed by atoms with Gasteiger partial charge in [0.15, 0.2) is 6.10 Å². The second-order valence-corrected chi connectivity index (χ2v) is 2.28. The first-order chi connectivity index (χ1) is 5.00. The van der Waals surface area contributed by atoms with Crippen LogP contribution < -0.4 is 0 Å². The molecule has 0 saturated heterocycles. The van der Waals surface area contributed by atoms with Crippen LogP contribution in [-0.2, 0) is 9.59 Å². The van der Waals surface area contributed by atoms with Crippen molar-refractivity contribution >= 4 is 23.5 Å². The van der Waals surface area contributed by atoms with E-state index in [9.17, 15) is 9.59 Å². The lowest BCUT2D eigenvalue weighted by atomic mass is 10.1. The van der Waals surface area contributed by atoms with E-state index in [1.807, 2.05) is 0 Å². The van der Waals surface area contributed by atoms with E-state index in [-0.39, 0.29) is 0 Å². The van der Waals surface area contributed by atoms with Crippen molar-refractivity contribution in [2.45, 2.75) is 12.2 Å². The molecule has 0 aromatic heterocycles. The number of hydrogen-bond acceptors (Lipinski definition) is 5. The quantitative estimate of drug-likeness (QED) is 0.289. The van der Waals surface area contributed by atoms with Crippen LogP contribution in [0.1, 0.15) is 0 Å². The zero-order valence-corrected chi connectivity index (χ0v) is 6.36. The summed E-state index contributed by atoms with van der Waals surface area (Å²) < 4.78 is 0. The number of hydrogen-bond donors (Lipinski definition) is 4. The molecule has 2 unspecified atom stereocenters. The molecule has 2 atom stereocenters. The lowest BCUT2D eigenvalue weighted by Crippen LogP contribution is -2.37. The predicted octanol–water partition coefficient (Wildman–Crippen LogP) is -2.27. The van der Waals surface area contributed by atoms with E-state index in [4.69, 9.17) is 15.3 Å². The van der Waals surface area contributed by atoms with E-state index in [0.717, 1.165) is 0 Å². The highest BCUT2D eigenvalue weighted by atomic mass is 32.1. The number of aliphatic hydroxyl groups is 3. The molecule has 64 valence electrons. The highest BCUT2D eigenvalue weighted by molar-refractivity contribution is 7.96. The van der Waals surface area contributed by atoms with E-state index in [2.05, 4.69) is 12.6 Å². The van der Waals surface area contributed by atoms with Crippen LogP contribution in [0.2, 0.25) is 0 Å². The van der Waals surface area contributed by atoms with Gasteiger partial charge in [0.1, 0.15) is 6.10 Å². The van der Waals surface area contributed by atoms with E-state index < -0.39 is 29.7 Å². The fourth-order valence-corrected chi connectivity index (χ4v) is 0.521. The molecule has 0 amide bonds. The minimum Gasteiger partial charge on any atom is -0.393 e. The largest absolute Gasteiger partial charge is 0.393 e. The predicted molar refractivity (Wildman–Crippen MR) is 38.1 cm³/mol. The number of thiol groups is 1. The monoisotopic (exact) mass is 180 g/mol. The van der Waals surface area contributed by atoms with Crippen molar-refractivity contribution in [1.82, 2.24) is 0 Å². The first-order valence-corrected chi connectivity index (χ1v) is 3.19. The van der Waals surface area contributed by atoms with E-state index in [0.29, 0.717) is 0 Å². The molecular formula is C5H8O5S. The Morgan fingerprint density at radius 3 is 2.09 bits per heavy atom. The molecule has 0 aliphatic heterocycles. The fourth-order valence-electron chi connectivity index (χ4n) is 0.394. The van der Waals surface area contributed by atoms with Crippen molar-refractivity contribution < 1.29 is 24.9 Å². The molecule has 0 fully saturated rings. The minimum atomic E-state index is -1.96. The summed E-state index contributed by atoms with van der Waals surface area (Å²) in [5, 5.41) is 24.4. The molecule has 0 bridgehead atoms. The summed E-state index contributed by atoms with van der Waals surface area (Å²) >= 11 is 3.16. The molecule has 6 heteroatoms. The first kappa shape index (κ1) is 10.6. The van der Waals surface area contributed by atoms with Crippen molar-refractivity contribution in [2.75, 3.05) is 6.61 Å². The fraction of sp³-hybridized carbons (Fsp3) is 0.600. The number of carbonyl (C=O) groups is 2. The van der Waals surface area contributed by atoms with Crippen LogP contribution >= 0.6 is 12.6 Å². The van der Waals surface area contributed by atoms with Gasteiger partial charge in [-0.05, 0) is 0 Å². The van der Waals surface area contributed by atoms with Crippen LogP contribution in [0.4, 0.5) is 0 Å². The summed E-state index contributed by atoms with van der Waals surface area (Å²) in [6.45, 7) is -0.822. The third-order valence-corrected chi connectivity index (χ3v) is 1.25. The smallest absolute Gasteiger partial charge is 0.222 e. The highest BCUT2D eigenvalue weighted by Gasteiger charge is 2.26. The van der Waals surface area contributed by atoms with Gasteiger partial charge in [-0.15, -0.1) is 12.6 Å². The second-order valence-electron chi connectivity index (χ2n) is 1.84. The van der Waals surface area contributed by atoms with Gasteiger partial charge in [0.05, 0.1) is 6.61 Å². The van der Waals surface area contributed by atoms with E-state index >= 15 is 0 Å². The zero-order chi connectivity index (χ0) is 9.02. The summed E-state index contributed by atoms with van der Waals surface area (Å²) in [6.07, 6.45) is -3.68. The molecule has 11 heavy (non-hydrogen) atoms. The van der Waals surface area contributed by atoms with Crippen LogP contribution in [-0.4, -0.2) is 45.0 Å². The standard InChI is InChI=1S/C5H8O5S/c6-1-2(7)3(8)4(9)5(10)11/h2,4,6-7,9H,1H2,(H,10,11). The van der Waals surface area contributed by atoms with Crippen molar-refractivity contribution in [3.05, 3.63) is 0 Å². The molecular weight excluding hydrogens is 172 g/mol. The van der Waals surface area contributed by atoms with Gasteiger partial charge >= 0.3 is 0 Å². The van der Waals surface area contributed by atoms with Gasteiger partial charge < -0.3 is 15.3 Å². The summed E-state index contributed by atoms with van der Waals surface area (Å²) in [5.41, 5.74) is 0. The van der Waals surface area contributed by atoms with Crippen molar-refractivity contribution in [2.24, 2.45) is 0 Å². The summed E-state index contributed by atoms with van der Waals surface area (Å²) in [5.74, 6) is -1.15. The lowest BCUT2D eigenvalue weighted by molar-refractivity contribution is -0.141. The van der Waals surface area contributed by atoms with Gasteiger partial charge in [0, 0.05) is 0 Å². The van der Waals surface area contributed by atoms with Crippen LogP contribution in [0.25, 0.3) is 0 Å². The molecule has 0 rings (SSSR count). The maximum absolute atomic E-state index is 10.6. The third-order valence-electron chi connectivity index (χ3n) is 1.00. The molecule has 0 aliphatic rings. The minimum absolute atomic E-state index is 0.822. The Labute approximate surface area is 68.1 Å². The van der Waals surface area contributed by atoms with Gasteiger partial charge in [-0.25, -0.2) is 0 Å². The van der Waals surface area contributed by atoms with Crippen molar-refractivity contribution in [1.29, 1.82) is 0 Å². The number of Topliss-reactive ketones (excluding diaryl/α,β-unsaturated/α-hetero) is 1. The number of rotatable bonds is 4. The molecule has 3 N–H and O–H groups in total. The van der Waals surface area contributed by atoms with Crippen molar-refractivity contribution in [3.63, 3.8) is 0 Å². The van der Waals surface area contributed by atoms with Crippen LogP contribution in [0.3, 0.4) is 0 Å². The van der Waals surface area contributed by atoms with Crippen molar-refractivity contribution in [3.8, 4) is 0 Å². The Morgan fingerprint density at radius 1 is 1.36 bits per heavy atom. The first-order valence-electron chi connectivity index (χ1n) is 2.74. The maximum Gasteiger partial charge on any atom is 0.222 e. The SMILES string of the molecule is O=C(S)C(O)C(=O)C(O)CO. The molecule has 0 radical (unpaired) electrons. The van der Waals surface area contributed by atoms with Gasteiger partial charge in [-0.3, -0.25) is 9.59 Å². The maximum atomic E-state index is 10.6. The number of aliphatic hydroxyl groups excluding tert-OH is 3. The average Bonchev–Trinajstić information content (AvgIpc) is 2.00. The van der Waals surface area contributed by atoms with Gasteiger partial charge in [-0.2, -0.15) is 0 Å². The summed E-state index contributed by atoms with van der Waals surface area (Å²) in [6, 6.07) is 0. The molecule has 0 aliphatic carbocycles. The third kappa shape index (κ3) is 2.98. The summed E-state index contributed by atoms with van der Waals surface area (Å²) in [4.78, 5) is 20.8. The second kappa shape index (κ2) is 4.45.